The highest BCUT2D eigenvalue weighted by molar-refractivity contribution is 5.86. The summed E-state index contributed by atoms with van der Waals surface area (Å²) in [5, 5.41) is 8.01. The maximum Gasteiger partial charge on any atom is 0.160 e. The molecule has 1 aliphatic heterocycles. The fourth-order valence-corrected chi connectivity index (χ4v) is 3.19. The van der Waals surface area contributed by atoms with Crippen molar-refractivity contribution in [1.29, 1.82) is 0 Å². The van der Waals surface area contributed by atoms with E-state index in [-0.39, 0.29) is 0 Å². The first-order valence-electron chi connectivity index (χ1n) is 8.05. The number of fused-ring (bicyclic) bond motifs is 1. The summed E-state index contributed by atoms with van der Waals surface area (Å²) in [5.74, 6) is 0.991. The molecule has 118 valence electrons. The molecule has 6 nitrogen and oxygen atoms in total. The summed E-state index contributed by atoms with van der Waals surface area (Å²) >= 11 is 0. The van der Waals surface area contributed by atoms with Gasteiger partial charge in [0, 0.05) is 32.7 Å². The van der Waals surface area contributed by atoms with Crippen LogP contribution in [0.15, 0.2) is 42.9 Å². The van der Waals surface area contributed by atoms with Gasteiger partial charge in [-0.3, -0.25) is 10.00 Å². The van der Waals surface area contributed by atoms with E-state index >= 15 is 0 Å². The van der Waals surface area contributed by atoms with Gasteiger partial charge in [0.1, 0.15) is 12.1 Å². The first kappa shape index (κ1) is 14.1. The molecule has 0 unspecified atom stereocenters. The van der Waals surface area contributed by atoms with Crippen molar-refractivity contribution in [2.24, 2.45) is 0 Å². The number of nitrogens with zero attached hydrogens (tertiary/aromatic N) is 5. The van der Waals surface area contributed by atoms with Crippen LogP contribution in [-0.2, 0) is 6.54 Å². The Morgan fingerprint density at radius 1 is 1.00 bits per heavy atom. The molecule has 1 N–H and O–H groups in total. The highest BCUT2D eigenvalue weighted by atomic mass is 15.3. The Balaban J connectivity index is 1.48. The smallest absolute Gasteiger partial charge is 0.160 e. The fourth-order valence-electron chi connectivity index (χ4n) is 3.19. The predicted molar refractivity (Wildman–Crippen MR) is 90.2 cm³/mol. The van der Waals surface area contributed by atoms with Crippen LogP contribution in [-0.4, -0.2) is 51.2 Å². The number of aromatic amines is 1. The molecule has 23 heavy (non-hydrogen) atoms. The average Bonchev–Trinajstić information content (AvgIpc) is 2.96. The number of benzene rings is 1. The van der Waals surface area contributed by atoms with Crippen molar-refractivity contribution in [1.82, 2.24) is 25.1 Å². The summed E-state index contributed by atoms with van der Waals surface area (Å²) in [6.45, 7) is 5.16. The molecule has 0 atom stereocenters. The molecular weight excluding hydrogens is 288 g/mol. The molecule has 3 heterocycles. The van der Waals surface area contributed by atoms with Gasteiger partial charge in [0.15, 0.2) is 5.65 Å². The molecule has 1 aromatic carbocycles. The summed E-state index contributed by atoms with van der Waals surface area (Å²) in [7, 11) is 0. The molecule has 0 spiro atoms. The third-order valence-corrected chi connectivity index (χ3v) is 4.36. The van der Waals surface area contributed by atoms with Gasteiger partial charge in [-0.2, -0.15) is 5.10 Å². The third kappa shape index (κ3) is 3.03. The normalized spacial score (nSPS) is 16.6. The zero-order valence-corrected chi connectivity index (χ0v) is 13.0. The highest BCUT2D eigenvalue weighted by Crippen LogP contribution is 2.22. The monoisotopic (exact) mass is 308 g/mol. The Hall–Kier alpha value is -2.47. The minimum absolute atomic E-state index is 0.806. The van der Waals surface area contributed by atoms with Crippen LogP contribution in [0.5, 0.6) is 0 Å². The third-order valence-electron chi connectivity index (χ3n) is 4.36. The quantitative estimate of drug-likeness (QED) is 0.802. The van der Waals surface area contributed by atoms with Gasteiger partial charge < -0.3 is 4.90 Å². The molecule has 3 aromatic rings. The van der Waals surface area contributed by atoms with Crippen LogP contribution in [0.3, 0.4) is 0 Å². The molecule has 4 rings (SSSR count). The maximum atomic E-state index is 4.49. The van der Waals surface area contributed by atoms with Crippen LogP contribution in [0.2, 0.25) is 0 Å². The maximum absolute atomic E-state index is 4.49. The Bertz CT molecular complexity index is 769. The van der Waals surface area contributed by atoms with Crippen molar-refractivity contribution >= 4 is 16.9 Å². The largest absolute Gasteiger partial charge is 0.355 e. The van der Waals surface area contributed by atoms with Gasteiger partial charge in [-0.05, 0) is 12.0 Å². The number of nitrogens with one attached hydrogen (secondary N) is 1. The summed E-state index contributed by atoms with van der Waals surface area (Å²) in [6.07, 6.45) is 4.57. The predicted octanol–water partition coefficient (Wildman–Crippen LogP) is 2.07. The molecule has 0 saturated carbocycles. The Kier molecular flexibility index (Phi) is 3.90. The second-order valence-corrected chi connectivity index (χ2v) is 5.93. The van der Waals surface area contributed by atoms with E-state index in [9.17, 15) is 0 Å². The molecule has 1 saturated heterocycles. The zero-order chi connectivity index (χ0) is 15.5. The van der Waals surface area contributed by atoms with Gasteiger partial charge >= 0.3 is 0 Å². The fraction of sp³-hybridized carbons (Fsp3) is 0.353. The van der Waals surface area contributed by atoms with E-state index < -0.39 is 0 Å². The van der Waals surface area contributed by atoms with Crippen LogP contribution in [0.25, 0.3) is 11.0 Å². The molecule has 0 bridgehead atoms. The molecule has 2 aromatic heterocycles. The Labute approximate surface area is 135 Å². The van der Waals surface area contributed by atoms with Gasteiger partial charge in [0.2, 0.25) is 0 Å². The lowest BCUT2D eigenvalue weighted by molar-refractivity contribution is 0.285. The second kappa shape index (κ2) is 6.34. The second-order valence-electron chi connectivity index (χ2n) is 5.93. The minimum atomic E-state index is 0.806. The van der Waals surface area contributed by atoms with Crippen LogP contribution < -0.4 is 4.90 Å². The molecule has 0 radical (unpaired) electrons. The van der Waals surface area contributed by atoms with Crippen molar-refractivity contribution in [3.63, 3.8) is 0 Å². The lowest BCUT2D eigenvalue weighted by Crippen LogP contribution is -2.31. The van der Waals surface area contributed by atoms with E-state index in [0.29, 0.717) is 0 Å². The Morgan fingerprint density at radius 2 is 1.91 bits per heavy atom. The van der Waals surface area contributed by atoms with E-state index in [1.54, 1.807) is 6.33 Å². The summed E-state index contributed by atoms with van der Waals surface area (Å²) in [4.78, 5) is 13.6. The lowest BCUT2D eigenvalue weighted by atomic mass is 10.2. The van der Waals surface area contributed by atoms with E-state index in [1.165, 1.54) is 5.56 Å². The van der Waals surface area contributed by atoms with E-state index in [1.807, 2.05) is 6.20 Å². The van der Waals surface area contributed by atoms with Crippen molar-refractivity contribution in [2.45, 2.75) is 13.0 Å². The number of aromatic nitrogens is 4. The van der Waals surface area contributed by atoms with Gasteiger partial charge in [0.05, 0.1) is 11.6 Å². The number of hydrogen-bond donors (Lipinski definition) is 1. The molecular formula is C17H20N6. The topological polar surface area (TPSA) is 60.9 Å². The number of hydrogen-bond acceptors (Lipinski definition) is 5. The number of anilines is 1. The lowest BCUT2D eigenvalue weighted by Gasteiger charge is -2.23. The first-order valence-corrected chi connectivity index (χ1v) is 8.05. The highest BCUT2D eigenvalue weighted by Gasteiger charge is 2.18. The van der Waals surface area contributed by atoms with Crippen molar-refractivity contribution in [3.8, 4) is 0 Å². The summed E-state index contributed by atoms with van der Waals surface area (Å²) < 4.78 is 0. The van der Waals surface area contributed by atoms with Crippen LogP contribution in [0.4, 0.5) is 5.82 Å². The standard InChI is InChI=1S/C17H20N6/c1-2-5-14(6-3-1)12-22-7-4-8-23(10-9-22)17-15-11-20-21-16(15)18-13-19-17/h1-3,5-6,11,13H,4,7-10,12H2,(H,18,19,20,21). The van der Waals surface area contributed by atoms with E-state index in [2.05, 4.69) is 60.3 Å². The molecule has 6 heteroatoms. The first-order chi connectivity index (χ1) is 11.4. The molecule has 0 aliphatic carbocycles. The molecule has 0 amide bonds. The van der Waals surface area contributed by atoms with Crippen molar-refractivity contribution in [2.75, 3.05) is 31.1 Å². The van der Waals surface area contributed by atoms with Crippen LogP contribution in [0.1, 0.15) is 12.0 Å². The Morgan fingerprint density at radius 3 is 2.83 bits per heavy atom. The van der Waals surface area contributed by atoms with Gasteiger partial charge in [0.25, 0.3) is 0 Å². The van der Waals surface area contributed by atoms with Crippen LogP contribution in [0, 0.1) is 0 Å². The van der Waals surface area contributed by atoms with E-state index in [4.69, 9.17) is 0 Å². The van der Waals surface area contributed by atoms with Crippen molar-refractivity contribution in [3.05, 3.63) is 48.4 Å². The van der Waals surface area contributed by atoms with Gasteiger partial charge in [-0.15, -0.1) is 0 Å². The summed E-state index contributed by atoms with van der Waals surface area (Å²) in [5.41, 5.74) is 2.18. The van der Waals surface area contributed by atoms with Gasteiger partial charge in [-0.1, -0.05) is 30.3 Å². The zero-order valence-electron chi connectivity index (χ0n) is 13.0. The van der Waals surface area contributed by atoms with E-state index in [0.717, 1.165) is 56.0 Å². The minimum Gasteiger partial charge on any atom is -0.355 e. The number of H-pyrrole nitrogens is 1. The SMILES string of the molecule is c1ccc(CN2CCCN(c3ncnc4[nH]ncc34)CC2)cc1. The molecule has 1 fully saturated rings. The number of rotatable bonds is 3. The van der Waals surface area contributed by atoms with Crippen molar-refractivity contribution < 1.29 is 0 Å². The average molecular weight is 308 g/mol. The van der Waals surface area contributed by atoms with Crippen LogP contribution >= 0.6 is 0 Å². The van der Waals surface area contributed by atoms with Gasteiger partial charge in [-0.25, -0.2) is 9.97 Å². The molecule has 1 aliphatic rings. The summed E-state index contributed by atoms with van der Waals surface area (Å²) in [6, 6.07) is 10.7.